The van der Waals surface area contributed by atoms with Crippen molar-refractivity contribution in [2.75, 3.05) is 84.9 Å². The van der Waals surface area contributed by atoms with Crippen molar-refractivity contribution in [1.82, 2.24) is 19.6 Å². The highest BCUT2D eigenvalue weighted by Crippen LogP contribution is 2.50. The molecule has 19 heteroatoms. The Bertz CT molecular complexity index is 2790. The molecule has 3 fully saturated rings. The SMILES string of the molecule is CO[C@H]1/C=C/O[C@@]2(C)Oc3c(C)c(O)c4c(O)c(c5c(c4c3C2=O)=NC2(CCN(CC(C)C)CC2)N=5)NC(=O)/C(C)=C\C=C\[C@H](C)[C@H](O)[C@@H](C)[C@@H](O)[C@@H](C)[C@H](OC(=O)CC(=O)N2CCN(CC3CCN(C)CC3)CC2)[C@@H]1C. The molecule has 7 aliphatic heterocycles. The van der Waals surface area contributed by atoms with Crippen molar-refractivity contribution < 1.29 is 58.6 Å². The third kappa shape index (κ3) is 12.0. The molecule has 9 atom stereocenters. The summed E-state index contributed by atoms with van der Waals surface area (Å²) >= 11 is 0. The van der Waals surface area contributed by atoms with Gasteiger partial charge in [0.25, 0.3) is 11.7 Å². The van der Waals surface area contributed by atoms with Gasteiger partial charge in [0, 0.05) is 119 Å². The third-order valence-electron chi connectivity index (χ3n) is 17.2. The quantitative estimate of drug-likeness (QED) is 0.138. The number of benzene rings is 2. The fourth-order valence-electron chi connectivity index (χ4n) is 12.2. The van der Waals surface area contributed by atoms with Crippen molar-refractivity contribution in [2.24, 2.45) is 45.5 Å². The topological polar surface area (TPSA) is 236 Å². The third-order valence-corrected chi connectivity index (χ3v) is 17.2. The van der Waals surface area contributed by atoms with Gasteiger partial charge in [0.05, 0.1) is 40.9 Å². The van der Waals surface area contributed by atoms with Crippen LogP contribution in [-0.4, -0.2) is 179 Å². The maximum absolute atomic E-state index is 15.0. The predicted molar refractivity (Wildman–Crippen MR) is 290 cm³/mol. The van der Waals surface area contributed by atoms with Crippen LogP contribution in [0, 0.1) is 42.4 Å². The lowest BCUT2D eigenvalue weighted by atomic mass is 9.78. The van der Waals surface area contributed by atoms with Crippen LogP contribution in [0.25, 0.3) is 10.8 Å². The molecule has 0 radical (unpaired) electrons. The lowest BCUT2D eigenvalue weighted by molar-refractivity contribution is -0.165. The standard InChI is InChI=1S/C58H83N7O12/c1-32(2)30-63-22-18-58(19-23-63)60-46-43-44-51(70)38(8)54-45(43)55(72)57(9,77-54)75-28-17-40(74-11)35(5)53(76-42(67)29-41(66)65-26-24-64(25-27-65)31-39-15-20-62(10)21-16-39)37(7)50(69)36(6)49(68)33(3)13-12-14-34(4)56(73)59-48(52(44)71)47(46)61-58/h12-14,17,28,32-33,35-37,39-40,49-50,53,68-71H,15-16,18-27,29-31H2,1-11H3,(H,59,73)/b13-12+,28-17+,34-14-/t33-,35+,36+,37+,40-,49-,50+,53+,57-/m0/s1. The molecule has 7 aliphatic rings. The second kappa shape index (κ2) is 23.5. The number of ether oxygens (including phenoxy) is 4. The van der Waals surface area contributed by atoms with E-state index in [1.807, 2.05) is 0 Å². The average molecular weight is 1070 g/mol. The van der Waals surface area contributed by atoms with Gasteiger partial charge in [-0.05, 0) is 64.7 Å². The van der Waals surface area contributed by atoms with Gasteiger partial charge in [-0.2, -0.15) is 0 Å². The van der Waals surface area contributed by atoms with Crippen LogP contribution in [0.4, 0.5) is 5.69 Å². The normalized spacial score (nSPS) is 31.5. The molecule has 5 N–H and O–H groups in total. The first-order valence-electron chi connectivity index (χ1n) is 27.7. The number of Topliss-reactive ketones (excluding diaryl/α,β-unsaturated/α-hetero) is 1. The molecule has 0 aromatic heterocycles. The van der Waals surface area contributed by atoms with Crippen LogP contribution in [0.5, 0.6) is 17.2 Å². The van der Waals surface area contributed by atoms with Crippen molar-refractivity contribution in [1.29, 1.82) is 0 Å². The molecular formula is C58H83N7O12. The zero-order valence-electron chi connectivity index (χ0n) is 47.0. The van der Waals surface area contributed by atoms with E-state index in [0.29, 0.717) is 50.9 Å². The molecule has 1 spiro atoms. The number of piperazine rings is 1. The monoisotopic (exact) mass is 1070 g/mol. The van der Waals surface area contributed by atoms with Gasteiger partial charge in [0.1, 0.15) is 35.1 Å². The number of hydrogen-bond acceptors (Lipinski definition) is 17. The summed E-state index contributed by atoms with van der Waals surface area (Å²) in [6.45, 7) is 23.7. The van der Waals surface area contributed by atoms with Crippen LogP contribution in [0.2, 0.25) is 0 Å². The summed E-state index contributed by atoms with van der Waals surface area (Å²) in [5.41, 5.74) is -0.674. The first-order valence-corrected chi connectivity index (χ1v) is 27.7. The van der Waals surface area contributed by atoms with E-state index in [4.69, 9.17) is 28.9 Å². The summed E-state index contributed by atoms with van der Waals surface area (Å²) in [7, 11) is 3.61. The van der Waals surface area contributed by atoms with Crippen LogP contribution in [0.1, 0.15) is 103 Å². The number of aromatic hydroxyl groups is 2. The average Bonchev–Trinajstić information content (AvgIpc) is 4.05. The zero-order chi connectivity index (χ0) is 55.8. The van der Waals surface area contributed by atoms with Gasteiger partial charge in [-0.1, -0.05) is 59.8 Å². The Balaban J connectivity index is 1.12. The van der Waals surface area contributed by atoms with Gasteiger partial charge < -0.3 is 59.4 Å². The number of esters is 1. The van der Waals surface area contributed by atoms with Crippen molar-refractivity contribution in [3.63, 3.8) is 0 Å². The number of amides is 2. The minimum atomic E-state index is -2.02. The summed E-state index contributed by atoms with van der Waals surface area (Å²) in [5.74, 6) is -6.99. The molecular weight excluding hydrogens is 987 g/mol. The highest BCUT2D eigenvalue weighted by atomic mass is 16.7. The molecule has 7 heterocycles. The number of hydrogen-bond donors (Lipinski definition) is 5. The van der Waals surface area contributed by atoms with Gasteiger partial charge in [0.2, 0.25) is 5.91 Å². The van der Waals surface area contributed by atoms with Crippen molar-refractivity contribution >= 4 is 40.0 Å². The predicted octanol–water partition coefficient (Wildman–Crippen LogP) is 4.61. The maximum Gasteiger partial charge on any atom is 0.315 e. The smallest absolute Gasteiger partial charge is 0.315 e. The minimum absolute atomic E-state index is 0.0143. The number of aliphatic hydroxyl groups excluding tert-OH is 2. The molecule has 0 aliphatic carbocycles. The number of nitrogens with one attached hydrogen (secondary N) is 1. The number of allylic oxidation sites excluding steroid dienone is 2. The fourth-order valence-corrected chi connectivity index (χ4v) is 12.2. The summed E-state index contributed by atoms with van der Waals surface area (Å²) < 4.78 is 24.8. The van der Waals surface area contributed by atoms with E-state index in [2.05, 4.69) is 40.9 Å². The number of carbonyl (C=O) groups excluding carboxylic acids is 4. The van der Waals surface area contributed by atoms with E-state index in [1.54, 1.807) is 64.7 Å². The van der Waals surface area contributed by atoms with E-state index in [9.17, 15) is 39.6 Å². The summed E-state index contributed by atoms with van der Waals surface area (Å²) in [4.78, 5) is 75.9. The van der Waals surface area contributed by atoms with E-state index >= 15 is 0 Å². The van der Waals surface area contributed by atoms with E-state index in [-0.39, 0.29) is 61.3 Å². The van der Waals surface area contributed by atoms with Crippen LogP contribution in [-0.2, 0) is 28.6 Å². The van der Waals surface area contributed by atoms with Crippen LogP contribution in [0.3, 0.4) is 0 Å². The Hall–Kier alpha value is -5.44. The number of anilines is 1. The number of phenolic OH excluding ortho intramolecular Hbond substituents is 2. The van der Waals surface area contributed by atoms with Gasteiger partial charge in [0.15, 0.2) is 11.4 Å². The molecule has 19 nitrogen and oxygen atoms in total. The molecule has 422 valence electrons. The Morgan fingerprint density at radius 1 is 0.857 bits per heavy atom. The van der Waals surface area contributed by atoms with Gasteiger partial charge in [-0.15, -0.1) is 0 Å². The molecule has 77 heavy (non-hydrogen) atoms. The van der Waals surface area contributed by atoms with E-state index in [1.165, 1.54) is 26.4 Å². The Labute approximate surface area is 452 Å². The second-order valence-electron chi connectivity index (χ2n) is 23.4. The first-order chi connectivity index (χ1) is 36.5. The summed E-state index contributed by atoms with van der Waals surface area (Å²) in [6, 6.07) is 0. The van der Waals surface area contributed by atoms with Crippen LogP contribution >= 0.6 is 0 Å². The molecule has 0 unspecified atom stereocenters. The summed E-state index contributed by atoms with van der Waals surface area (Å²) in [6.07, 6.45) is 6.27. The molecule has 2 aromatic carbocycles. The first kappa shape index (κ1) is 57.7. The number of rotatable bonds is 8. The van der Waals surface area contributed by atoms with Crippen molar-refractivity contribution in [3.8, 4) is 17.2 Å². The van der Waals surface area contributed by atoms with Crippen molar-refractivity contribution in [2.45, 2.75) is 130 Å². The molecule has 0 saturated carbocycles. The number of piperidine rings is 2. The molecule has 2 amide bonds. The molecule has 9 rings (SSSR count). The van der Waals surface area contributed by atoms with Gasteiger partial charge in [-0.25, -0.2) is 0 Å². The van der Waals surface area contributed by atoms with Crippen LogP contribution < -0.4 is 20.8 Å². The van der Waals surface area contributed by atoms with Gasteiger partial charge >= 0.3 is 11.8 Å². The Morgan fingerprint density at radius 2 is 1.52 bits per heavy atom. The second-order valence-corrected chi connectivity index (χ2v) is 23.4. The number of likely N-dealkylation sites (tertiary alicyclic amines) is 2. The molecule has 3 saturated heterocycles. The number of nitrogens with zero attached hydrogens (tertiary/aromatic N) is 6. The number of phenols is 2. The highest BCUT2D eigenvalue weighted by molar-refractivity contribution is 6.19. The zero-order valence-corrected chi connectivity index (χ0v) is 47.0. The van der Waals surface area contributed by atoms with E-state index < -0.39 is 89.4 Å². The number of methoxy groups -OCH3 is 1. The number of carbonyl (C=O) groups is 4. The number of fused-ring (bicyclic) bond motifs is 13. The summed E-state index contributed by atoms with van der Waals surface area (Å²) in [5, 5.41) is 51.2. The van der Waals surface area contributed by atoms with E-state index in [0.717, 1.165) is 52.1 Å². The molecule has 2 aromatic rings. The van der Waals surface area contributed by atoms with Gasteiger partial charge in [-0.3, -0.25) is 34.1 Å². The van der Waals surface area contributed by atoms with Crippen LogP contribution in [0.15, 0.2) is 46.1 Å². The maximum atomic E-state index is 15.0. The number of aliphatic hydroxyl groups is 2. The minimum Gasteiger partial charge on any atom is -0.507 e. The lowest BCUT2D eigenvalue weighted by Gasteiger charge is -2.39. The number of ketones is 1. The van der Waals surface area contributed by atoms with Crippen molar-refractivity contribution in [3.05, 3.63) is 58.0 Å². The molecule has 5 bridgehead atoms. The lowest BCUT2D eigenvalue weighted by Crippen LogP contribution is -2.51. The highest BCUT2D eigenvalue weighted by Gasteiger charge is 2.50. The Morgan fingerprint density at radius 3 is 2.17 bits per heavy atom. The largest absolute Gasteiger partial charge is 0.507 e. The fraction of sp³-hybridized carbons (Fsp3) is 0.655. The Kier molecular flexibility index (Phi) is 17.6.